The molecule has 0 amide bonds. The highest BCUT2D eigenvalue weighted by atomic mass is 16.5. The molecule has 0 bridgehead atoms. The van der Waals surface area contributed by atoms with Gasteiger partial charge in [0, 0.05) is 17.9 Å². The molecule has 8 nitrogen and oxygen atoms in total. The molecule has 0 radical (unpaired) electrons. The van der Waals surface area contributed by atoms with Crippen molar-refractivity contribution in [2.75, 3.05) is 26.2 Å². The number of hydrogen-bond donors (Lipinski definition) is 2. The predicted molar refractivity (Wildman–Crippen MR) is 154 cm³/mol. The van der Waals surface area contributed by atoms with Crippen LogP contribution in [0.5, 0.6) is 0 Å². The fraction of sp³-hybridized carbons (Fsp3) is 0.848. The SMILES string of the molecule is CCCCN(CCCC)CC(=O)O[C@H]1CC[C@]2(C=O)[C@H]3CC[C@]4(C)[C@@H](C5=CC(=O)OC5)CC[C@]4(O)[C@@H]3CC[C@]2(O)C1. The maximum Gasteiger partial charge on any atom is 0.331 e. The molecule has 5 rings (SSSR count). The molecule has 0 spiro atoms. The largest absolute Gasteiger partial charge is 0.461 e. The van der Waals surface area contributed by atoms with E-state index in [2.05, 4.69) is 25.7 Å². The van der Waals surface area contributed by atoms with Crippen molar-refractivity contribution in [1.29, 1.82) is 0 Å². The molecule has 4 aliphatic carbocycles. The summed E-state index contributed by atoms with van der Waals surface area (Å²) in [6, 6.07) is 0. The summed E-state index contributed by atoms with van der Waals surface area (Å²) in [6.45, 7) is 8.76. The molecule has 0 saturated heterocycles. The van der Waals surface area contributed by atoms with Gasteiger partial charge in [-0.05, 0) is 101 Å². The Morgan fingerprint density at radius 3 is 2.39 bits per heavy atom. The predicted octanol–water partition coefficient (Wildman–Crippen LogP) is 4.35. The zero-order valence-corrected chi connectivity index (χ0v) is 25.4. The Hall–Kier alpha value is -1.77. The quantitative estimate of drug-likeness (QED) is 0.277. The average Bonchev–Trinajstić information content (AvgIpc) is 3.49. The average molecular weight is 574 g/mol. The fourth-order valence-corrected chi connectivity index (χ4v) is 9.86. The van der Waals surface area contributed by atoms with E-state index in [9.17, 15) is 24.6 Å². The van der Waals surface area contributed by atoms with Crippen molar-refractivity contribution in [3.8, 4) is 0 Å². The van der Waals surface area contributed by atoms with Crippen LogP contribution in [0.3, 0.4) is 0 Å². The number of unbranched alkanes of at least 4 members (excludes halogenated alkanes) is 2. The number of aldehydes is 1. The first-order valence-corrected chi connectivity index (χ1v) is 16.3. The van der Waals surface area contributed by atoms with Crippen molar-refractivity contribution >= 4 is 18.2 Å². The first-order valence-electron chi connectivity index (χ1n) is 16.3. The number of esters is 2. The Morgan fingerprint density at radius 1 is 1.05 bits per heavy atom. The van der Waals surface area contributed by atoms with Crippen LogP contribution in [0.15, 0.2) is 11.6 Å². The van der Waals surface area contributed by atoms with Gasteiger partial charge >= 0.3 is 11.9 Å². The lowest BCUT2D eigenvalue weighted by molar-refractivity contribution is -0.249. The van der Waals surface area contributed by atoms with Gasteiger partial charge in [-0.25, -0.2) is 4.79 Å². The van der Waals surface area contributed by atoms with Gasteiger partial charge < -0.3 is 24.5 Å². The van der Waals surface area contributed by atoms with Crippen LogP contribution in [0.2, 0.25) is 0 Å². The molecule has 0 aromatic heterocycles. The fourth-order valence-electron chi connectivity index (χ4n) is 9.86. The van der Waals surface area contributed by atoms with Crippen molar-refractivity contribution in [1.82, 2.24) is 4.90 Å². The number of rotatable bonds is 11. The van der Waals surface area contributed by atoms with Crippen LogP contribution in [0.1, 0.15) is 104 Å². The van der Waals surface area contributed by atoms with Crippen molar-refractivity contribution in [3.63, 3.8) is 0 Å². The number of cyclic esters (lactones) is 1. The Balaban J connectivity index is 1.29. The third-order valence-electron chi connectivity index (χ3n) is 12.1. The first kappa shape index (κ1) is 30.7. The van der Waals surface area contributed by atoms with Gasteiger partial charge in [-0.15, -0.1) is 0 Å². The molecule has 4 fully saturated rings. The molecular weight excluding hydrogens is 522 g/mol. The van der Waals surface area contributed by atoms with Crippen LogP contribution < -0.4 is 0 Å². The molecule has 8 heteroatoms. The molecule has 1 aliphatic heterocycles. The number of aliphatic hydroxyl groups is 2. The van der Waals surface area contributed by atoms with Crippen LogP contribution in [0.25, 0.3) is 0 Å². The zero-order chi connectivity index (χ0) is 29.5. The Bertz CT molecular complexity index is 1040. The number of nitrogens with zero attached hydrogens (tertiary/aromatic N) is 1. The van der Waals surface area contributed by atoms with E-state index in [1.807, 2.05) is 0 Å². The number of fused-ring (bicyclic) bond motifs is 5. The highest BCUT2D eigenvalue weighted by Gasteiger charge is 2.71. The molecular formula is C33H51NO7. The van der Waals surface area contributed by atoms with Crippen molar-refractivity contribution in [3.05, 3.63) is 11.6 Å². The van der Waals surface area contributed by atoms with Crippen LogP contribution in [-0.4, -0.2) is 76.9 Å². The first-order chi connectivity index (χ1) is 19.6. The maximum atomic E-state index is 13.0. The second-order valence-corrected chi connectivity index (χ2v) is 14.1. The molecule has 5 aliphatic rings. The summed E-state index contributed by atoms with van der Waals surface area (Å²) in [5.74, 6) is -0.692. The van der Waals surface area contributed by atoms with Gasteiger partial charge in [0.25, 0.3) is 0 Å². The lowest BCUT2D eigenvalue weighted by atomic mass is 9.41. The van der Waals surface area contributed by atoms with Gasteiger partial charge in [-0.3, -0.25) is 9.69 Å². The molecule has 1 heterocycles. The smallest absolute Gasteiger partial charge is 0.331 e. The van der Waals surface area contributed by atoms with E-state index >= 15 is 0 Å². The highest BCUT2D eigenvalue weighted by Crippen LogP contribution is 2.70. The molecule has 230 valence electrons. The number of carbonyl (C=O) groups is 3. The molecule has 4 saturated carbocycles. The Kier molecular flexibility index (Phi) is 8.77. The van der Waals surface area contributed by atoms with E-state index in [-0.39, 0.29) is 42.7 Å². The zero-order valence-electron chi connectivity index (χ0n) is 25.4. The molecule has 0 aromatic rings. The van der Waals surface area contributed by atoms with Crippen molar-refractivity contribution in [2.45, 2.75) is 122 Å². The van der Waals surface area contributed by atoms with E-state index in [0.29, 0.717) is 38.7 Å². The third-order valence-corrected chi connectivity index (χ3v) is 12.1. The van der Waals surface area contributed by atoms with Gasteiger partial charge in [0.2, 0.25) is 0 Å². The van der Waals surface area contributed by atoms with Gasteiger partial charge in [-0.2, -0.15) is 0 Å². The van der Waals surface area contributed by atoms with Crippen molar-refractivity contribution in [2.24, 2.45) is 28.6 Å². The van der Waals surface area contributed by atoms with Crippen molar-refractivity contribution < 1.29 is 34.1 Å². The molecule has 8 atom stereocenters. The number of ether oxygens (including phenoxy) is 2. The summed E-state index contributed by atoms with van der Waals surface area (Å²) < 4.78 is 11.2. The summed E-state index contributed by atoms with van der Waals surface area (Å²) in [5.41, 5.74) is -2.59. The lowest BCUT2D eigenvalue weighted by Crippen LogP contribution is -2.69. The minimum Gasteiger partial charge on any atom is -0.461 e. The maximum absolute atomic E-state index is 13.0. The van der Waals surface area contributed by atoms with E-state index < -0.39 is 28.1 Å². The molecule has 0 unspecified atom stereocenters. The number of hydrogen-bond acceptors (Lipinski definition) is 8. The van der Waals surface area contributed by atoms with Gasteiger partial charge in [0.05, 0.1) is 23.2 Å². The van der Waals surface area contributed by atoms with Crippen LogP contribution >= 0.6 is 0 Å². The topological polar surface area (TPSA) is 113 Å². The summed E-state index contributed by atoms with van der Waals surface area (Å²) in [4.78, 5) is 40.0. The van der Waals surface area contributed by atoms with Crippen LogP contribution in [-0.2, 0) is 23.9 Å². The minimum absolute atomic E-state index is 0.0808. The van der Waals surface area contributed by atoms with E-state index in [4.69, 9.17) is 9.47 Å². The summed E-state index contributed by atoms with van der Waals surface area (Å²) in [5, 5.41) is 24.5. The normalized spacial score (nSPS) is 41.7. The monoisotopic (exact) mass is 573 g/mol. The van der Waals surface area contributed by atoms with E-state index in [1.165, 1.54) is 0 Å². The lowest BCUT2D eigenvalue weighted by Gasteiger charge is -2.65. The third kappa shape index (κ3) is 5.10. The number of carbonyl (C=O) groups excluding carboxylic acids is 3. The van der Waals surface area contributed by atoms with Gasteiger partial charge in [-0.1, -0.05) is 33.6 Å². The van der Waals surface area contributed by atoms with Crippen LogP contribution in [0, 0.1) is 28.6 Å². The summed E-state index contributed by atoms with van der Waals surface area (Å²) in [7, 11) is 0. The van der Waals surface area contributed by atoms with Gasteiger partial charge in [0.1, 0.15) is 19.0 Å². The molecule has 2 N–H and O–H groups in total. The Morgan fingerprint density at radius 2 is 1.76 bits per heavy atom. The van der Waals surface area contributed by atoms with E-state index in [0.717, 1.165) is 69.9 Å². The minimum atomic E-state index is -1.25. The summed E-state index contributed by atoms with van der Waals surface area (Å²) >= 11 is 0. The molecule has 41 heavy (non-hydrogen) atoms. The van der Waals surface area contributed by atoms with Gasteiger partial charge in [0.15, 0.2) is 0 Å². The molecule has 0 aromatic carbocycles. The highest BCUT2D eigenvalue weighted by molar-refractivity contribution is 5.85. The second kappa shape index (κ2) is 11.7. The second-order valence-electron chi connectivity index (χ2n) is 14.1. The summed E-state index contributed by atoms with van der Waals surface area (Å²) in [6.07, 6.45) is 11.6. The van der Waals surface area contributed by atoms with Crippen LogP contribution in [0.4, 0.5) is 0 Å². The van der Waals surface area contributed by atoms with E-state index in [1.54, 1.807) is 6.08 Å². The Labute approximate surface area is 245 Å². The standard InChI is InChI=1S/C33H51NO7/c1-4-6-16-34(17-7-5-2)20-29(37)41-24-8-13-31(22-35)26-9-12-30(3)25(23-18-28(36)40-21-23)11-15-33(30,39)27(26)10-14-32(31,38)19-24/h18,22,24-27,38-39H,4-17,19-21H2,1-3H3/t24-,25+,26-,27+,30+,31-,32-,33-/m0/s1.